The Morgan fingerprint density at radius 1 is 0.941 bits per heavy atom. The first kappa shape index (κ1) is 25.6. The van der Waals surface area contributed by atoms with Crippen molar-refractivity contribution in [3.8, 4) is 11.5 Å². The quantitative estimate of drug-likeness (QED) is 0.153. The van der Waals surface area contributed by atoms with Gasteiger partial charge in [0, 0.05) is 14.5 Å². The zero-order chi connectivity index (χ0) is 24.7. The van der Waals surface area contributed by atoms with Crippen LogP contribution in [0.1, 0.15) is 42.3 Å². The molecule has 0 aliphatic heterocycles. The molecule has 0 unspecified atom stereocenters. The second-order valence-electron chi connectivity index (χ2n) is 8.41. The first-order valence-corrected chi connectivity index (χ1v) is 12.0. The molecule has 0 fully saturated rings. The molecule has 0 spiro atoms. The van der Waals surface area contributed by atoms with E-state index in [4.69, 9.17) is 9.47 Å². The number of carbonyl (C=O) groups excluding carboxylic acids is 2. The Bertz CT molecular complexity index is 1200. The van der Waals surface area contributed by atoms with Crippen LogP contribution in [0.25, 0.3) is 0 Å². The van der Waals surface area contributed by atoms with Crippen LogP contribution in [-0.2, 0) is 10.2 Å². The van der Waals surface area contributed by atoms with Gasteiger partial charge in [-0.05, 0) is 59.5 Å². The highest BCUT2D eigenvalue weighted by Crippen LogP contribution is 2.30. The lowest BCUT2D eigenvalue weighted by molar-refractivity contribution is -0.123. The number of nitrogens with zero attached hydrogens (tertiary/aromatic N) is 1. The molecule has 0 heterocycles. The molecule has 3 aromatic rings. The second-order valence-corrected chi connectivity index (χ2v) is 10.2. The molecule has 1 amide bonds. The summed E-state index contributed by atoms with van der Waals surface area (Å²) in [5.74, 6) is 0.0514. The van der Waals surface area contributed by atoms with Crippen molar-refractivity contribution in [1.82, 2.24) is 5.43 Å². The molecular weight excluding hydrogens is 564 g/mol. The Kier molecular flexibility index (Phi) is 8.63. The molecule has 0 bridgehead atoms. The molecule has 0 aliphatic rings. The normalized spacial score (nSPS) is 11.3. The van der Waals surface area contributed by atoms with E-state index in [1.54, 1.807) is 42.5 Å². The van der Waals surface area contributed by atoms with Crippen molar-refractivity contribution in [2.45, 2.75) is 26.2 Å². The molecule has 0 atom stereocenters. The number of carbonyl (C=O) groups is 2. The first-order valence-electron chi connectivity index (χ1n) is 10.4. The van der Waals surface area contributed by atoms with E-state index < -0.39 is 11.9 Å². The van der Waals surface area contributed by atoms with Gasteiger partial charge in [0.1, 0.15) is 11.5 Å². The zero-order valence-corrected chi connectivity index (χ0v) is 22.1. The third-order valence-corrected chi connectivity index (χ3v) is 5.72. The lowest BCUT2D eigenvalue weighted by atomic mass is 9.86. The van der Waals surface area contributed by atoms with Crippen LogP contribution >= 0.6 is 31.9 Å². The fourth-order valence-electron chi connectivity index (χ4n) is 3.02. The average molecular weight is 588 g/mol. The molecule has 0 aliphatic carbocycles. The Morgan fingerprint density at radius 3 is 2.32 bits per heavy atom. The molecule has 3 aromatic carbocycles. The molecule has 1 N–H and O–H groups in total. The summed E-state index contributed by atoms with van der Waals surface area (Å²) in [5.41, 5.74) is 4.26. The minimum atomic E-state index is -0.501. The maximum Gasteiger partial charge on any atom is 0.343 e. The van der Waals surface area contributed by atoms with Crippen LogP contribution in [0.3, 0.4) is 0 Å². The molecule has 0 saturated heterocycles. The van der Waals surface area contributed by atoms with Crippen molar-refractivity contribution in [3.05, 3.63) is 92.4 Å². The van der Waals surface area contributed by atoms with Gasteiger partial charge in [0.25, 0.3) is 5.91 Å². The average Bonchev–Trinajstić information content (AvgIpc) is 2.79. The summed E-state index contributed by atoms with van der Waals surface area (Å²) in [6, 6.07) is 19.6. The van der Waals surface area contributed by atoms with Gasteiger partial charge in [-0.1, -0.05) is 70.8 Å². The number of rotatable bonds is 7. The number of para-hydroxylation sites is 1. The Morgan fingerprint density at radius 2 is 1.62 bits per heavy atom. The van der Waals surface area contributed by atoms with Crippen LogP contribution in [0.2, 0.25) is 0 Å². The van der Waals surface area contributed by atoms with Crippen LogP contribution in [0.4, 0.5) is 0 Å². The fourth-order valence-corrected chi connectivity index (χ4v) is 3.66. The van der Waals surface area contributed by atoms with Gasteiger partial charge in [-0.2, -0.15) is 5.10 Å². The van der Waals surface area contributed by atoms with Crippen LogP contribution in [0.15, 0.2) is 80.8 Å². The maximum atomic E-state index is 12.5. The van der Waals surface area contributed by atoms with Gasteiger partial charge in [-0.3, -0.25) is 4.79 Å². The highest BCUT2D eigenvalue weighted by molar-refractivity contribution is 9.10. The number of benzene rings is 3. The van der Waals surface area contributed by atoms with E-state index >= 15 is 0 Å². The predicted octanol–water partition coefficient (Wildman–Crippen LogP) is 6.26. The van der Waals surface area contributed by atoms with Crippen LogP contribution in [-0.4, -0.2) is 24.7 Å². The van der Waals surface area contributed by atoms with Gasteiger partial charge < -0.3 is 9.47 Å². The molecule has 0 aromatic heterocycles. The number of esters is 1. The number of hydrogen-bond donors (Lipinski definition) is 1. The molecule has 34 heavy (non-hydrogen) atoms. The SMILES string of the molecule is CC(C)(C)c1ccccc1OCC(=O)N/N=C\c1cc(Br)ccc1OC(=O)c1ccc(Br)cc1. The van der Waals surface area contributed by atoms with Crippen molar-refractivity contribution in [1.29, 1.82) is 0 Å². The smallest absolute Gasteiger partial charge is 0.343 e. The number of halogens is 2. The molecule has 176 valence electrons. The summed E-state index contributed by atoms with van der Waals surface area (Å²) in [6.45, 7) is 6.06. The van der Waals surface area contributed by atoms with Gasteiger partial charge in [0.2, 0.25) is 0 Å². The van der Waals surface area contributed by atoms with Crippen molar-refractivity contribution >= 4 is 50.0 Å². The monoisotopic (exact) mass is 586 g/mol. The highest BCUT2D eigenvalue weighted by atomic mass is 79.9. The maximum absolute atomic E-state index is 12.5. The van der Waals surface area contributed by atoms with Gasteiger partial charge in [-0.15, -0.1) is 0 Å². The predicted molar refractivity (Wildman–Crippen MR) is 140 cm³/mol. The van der Waals surface area contributed by atoms with Gasteiger partial charge in [0.15, 0.2) is 6.61 Å². The molecular formula is C26H24Br2N2O4. The summed E-state index contributed by atoms with van der Waals surface area (Å²) >= 11 is 6.73. The summed E-state index contributed by atoms with van der Waals surface area (Å²) in [6.07, 6.45) is 1.41. The van der Waals surface area contributed by atoms with E-state index in [0.717, 1.165) is 14.5 Å². The van der Waals surface area contributed by atoms with Crippen LogP contribution in [0.5, 0.6) is 11.5 Å². The van der Waals surface area contributed by atoms with Gasteiger partial charge >= 0.3 is 5.97 Å². The Hall–Kier alpha value is -2.97. The standard InChI is InChI=1S/C26H24Br2N2O4/c1-26(2,3)21-6-4-5-7-23(21)33-16-24(31)30-29-15-18-14-20(28)12-13-22(18)34-25(32)17-8-10-19(27)11-9-17/h4-15H,16H2,1-3H3,(H,30,31)/b29-15-. The number of nitrogens with one attached hydrogen (secondary N) is 1. The summed E-state index contributed by atoms with van der Waals surface area (Å²) in [4.78, 5) is 24.7. The summed E-state index contributed by atoms with van der Waals surface area (Å²) in [7, 11) is 0. The topological polar surface area (TPSA) is 77.0 Å². The largest absolute Gasteiger partial charge is 0.483 e. The fraction of sp³-hybridized carbons (Fsp3) is 0.192. The number of amides is 1. The number of hydrazone groups is 1. The molecule has 3 rings (SSSR count). The van der Waals surface area contributed by atoms with E-state index in [1.165, 1.54) is 6.21 Å². The van der Waals surface area contributed by atoms with E-state index in [1.807, 2.05) is 24.3 Å². The Balaban J connectivity index is 1.63. The van der Waals surface area contributed by atoms with E-state index in [9.17, 15) is 9.59 Å². The van der Waals surface area contributed by atoms with Crippen LogP contribution < -0.4 is 14.9 Å². The van der Waals surface area contributed by atoms with E-state index in [2.05, 4.69) is 63.2 Å². The summed E-state index contributed by atoms with van der Waals surface area (Å²) in [5, 5.41) is 4.00. The van der Waals surface area contributed by atoms with Gasteiger partial charge in [-0.25, -0.2) is 10.2 Å². The lowest BCUT2D eigenvalue weighted by Crippen LogP contribution is -2.25. The minimum Gasteiger partial charge on any atom is -0.483 e. The van der Waals surface area contributed by atoms with E-state index in [0.29, 0.717) is 22.6 Å². The van der Waals surface area contributed by atoms with Crippen molar-refractivity contribution < 1.29 is 19.1 Å². The highest BCUT2D eigenvalue weighted by Gasteiger charge is 2.19. The third-order valence-electron chi connectivity index (χ3n) is 4.70. The van der Waals surface area contributed by atoms with Crippen molar-refractivity contribution in [2.75, 3.05) is 6.61 Å². The minimum absolute atomic E-state index is 0.115. The second kappa shape index (κ2) is 11.4. The molecule has 8 heteroatoms. The Labute approximate surface area is 215 Å². The summed E-state index contributed by atoms with van der Waals surface area (Å²) < 4.78 is 12.9. The molecule has 0 radical (unpaired) electrons. The number of hydrogen-bond acceptors (Lipinski definition) is 5. The molecule has 0 saturated carbocycles. The van der Waals surface area contributed by atoms with E-state index in [-0.39, 0.29) is 12.0 Å². The van der Waals surface area contributed by atoms with Crippen molar-refractivity contribution in [3.63, 3.8) is 0 Å². The third kappa shape index (κ3) is 7.27. The zero-order valence-electron chi connectivity index (χ0n) is 19.0. The molecule has 6 nitrogen and oxygen atoms in total. The van der Waals surface area contributed by atoms with Gasteiger partial charge in [0.05, 0.1) is 11.8 Å². The number of ether oxygens (including phenoxy) is 2. The van der Waals surface area contributed by atoms with Crippen molar-refractivity contribution in [2.24, 2.45) is 5.10 Å². The first-order chi connectivity index (χ1) is 16.1. The van der Waals surface area contributed by atoms with Crippen LogP contribution in [0, 0.1) is 0 Å². The lowest BCUT2D eigenvalue weighted by Gasteiger charge is -2.22.